The number of rotatable bonds is 3. The van der Waals surface area contributed by atoms with Crippen molar-refractivity contribution < 1.29 is 0 Å². The first-order valence-electron chi connectivity index (χ1n) is 5.90. The van der Waals surface area contributed by atoms with E-state index < -0.39 is 0 Å². The number of nitrogens with two attached hydrogens (primary N) is 1. The molecule has 2 N–H and O–H groups in total. The zero-order valence-corrected chi connectivity index (χ0v) is 11.6. The SMILES string of the molecule is Cc1cc(CC(C)N)cnc1-n1cc(Cl)c(C)n1. The van der Waals surface area contributed by atoms with Crippen molar-refractivity contribution in [2.75, 3.05) is 0 Å². The van der Waals surface area contributed by atoms with E-state index in [1.165, 1.54) is 0 Å². The summed E-state index contributed by atoms with van der Waals surface area (Å²) in [4.78, 5) is 4.44. The van der Waals surface area contributed by atoms with E-state index in [-0.39, 0.29) is 6.04 Å². The predicted molar refractivity (Wildman–Crippen MR) is 73.2 cm³/mol. The summed E-state index contributed by atoms with van der Waals surface area (Å²) in [6.07, 6.45) is 4.45. The van der Waals surface area contributed by atoms with E-state index in [1.807, 2.05) is 27.0 Å². The molecule has 4 nitrogen and oxygen atoms in total. The summed E-state index contributed by atoms with van der Waals surface area (Å²) < 4.78 is 1.71. The molecule has 0 aromatic carbocycles. The van der Waals surface area contributed by atoms with Crippen LogP contribution in [0, 0.1) is 13.8 Å². The van der Waals surface area contributed by atoms with Gasteiger partial charge in [-0.25, -0.2) is 9.67 Å². The van der Waals surface area contributed by atoms with Crippen LogP contribution in [0.2, 0.25) is 5.02 Å². The molecule has 2 aromatic heterocycles. The molecule has 0 bridgehead atoms. The molecule has 0 aliphatic carbocycles. The second-order valence-electron chi connectivity index (χ2n) is 4.67. The fourth-order valence-electron chi connectivity index (χ4n) is 1.90. The number of hydrogen-bond donors (Lipinski definition) is 1. The fourth-order valence-corrected chi connectivity index (χ4v) is 2.03. The molecule has 0 amide bonds. The lowest BCUT2D eigenvalue weighted by Gasteiger charge is -2.09. The molecule has 0 fully saturated rings. The third-order valence-corrected chi connectivity index (χ3v) is 3.09. The van der Waals surface area contributed by atoms with Gasteiger partial charge in [-0.3, -0.25) is 0 Å². The summed E-state index contributed by atoms with van der Waals surface area (Å²) in [6.45, 7) is 5.87. The summed E-state index contributed by atoms with van der Waals surface area (Å²) in [7, 11) is 0. The minimum atomic E-state index is 0.137. The van der Waals surface area contributed by atoms with Crippen LogP contribution >= 0.6 is 11.6 Å². The molecule has 0 aliphatic rings. The van der Waals surface area contributed by atoms with Crippen LogP contribution in [0.15, 0.2) is 18.5 Å². The number of nitrogens with zero attached hydrogens (tertiary/aromatic N) is 3. The van der Waals surface area contributed by atoms with E-state index in [0.29, 0.717) is 5.02 Å². The number of aromatic nitrogens is 3. The average Bonchev–Trinajstić information content (AvgIpc) is 2.58. The predicted octanol–water partition coefficient (Wildman–Crippen LogP) is 2.43. The number of hydrogen-bond acceptors (Lipinski definition) is 3. The van der Waals surface area contributed by atoms with Crippen molar-refractivity contribution >= 4 is 11.6 Å². The van der Waals surface area contributed by atoms with Gasteiger partial charge in [0.25, 0.3) is 0 Å². The highest BCUT2D eigenvalue weighted by molar-refractivity contribution is 6.31. The van der Waals surface area contributed by atoms with Crippen LogP contribution in [0.3, 0.4) is 0 Å². The second-order valence-corrected chi connectivity index (χ2v) is 5.08. The van der Waals surface area contributed by atoms with Crippen LogP contribution in [-0.2, 0) is 6.42 Å². The highest BCUT2D eigenvalue weighted by atomic mass is 35.5. The van der Waals surface area contributed by atoms with Crippen LogP contribution in [0.1, 0.15) is 23.7 Å². The molecular weight excluding hydrogens is 248 g/mol. The van der Waals surface area contributed by atoms with E-state index >= 15 is 0 Å². The van der Waals surface area contributed by atoms with E-state index in [2.05, 4.69) is 16.1 Å². The molecule has 0 saturated carbocycles. The molecule has 0 radical (unpaired) electrons. The van der Waals surface area contributed by atoms with Gasteiger partial charge in [0, 0.05) is 12.2 Å². The molecule has 2 heterocycles. The minimum absolute atomic E-state index is 0.137. The van der Waals surface area contributed by atoms with Gasteiger partial charge in [0.2, 0.25) is 0 Å². The Morgan fingerprint density at radius 1 is 1.44 bits per heavy atom. The Kier molecular flexibility index (Phi) is 3.68. The van der Waals surface area contributed by atoms with Crippen LogP contribution in [0.25, 0.3) is 5.82 Å². The standard InChI is InChI=1S/C13H17ClN4/c1-8-4-11(5-9(2)15)6-16-13(8)18-7-12(14)10(3)17-18/h4,6-7,9H,5,15H2,1-3H3. The van der Waals surface area contributed by atoms with Crippen molar-refractivity contribution in [3.05, 3.63) is 40.3 Å². The van der Waals surface area contributed by atoms with Crippen molar-refractivity contribution in [3.8, 4) is 5.82 Å². The molecule has 0 saturated heterocycles. The maximum Gasteiger partial charge on any atom is 0.156 e. The minimum Gasteiger partial charge on any atom is -0.328 e. The summed E-state index contributed by atoms with van der Waals surface area (Å²) >= 11 is 6.00. The summed E-state index contributed by atoms with van der Waals surface area (Å²) in [5.41, 5.74) is 8.79. The summed E-state index contributed by atoms with van der Waals surface area (Å²) in [5.74, 6) is 0.804. The van der Waals surface area contributed by atoms with E-state index in [9.17, 15) is 0 Å². The van der Waals surface area contributed by atoms with Crippen LogP contribution in [0.5, 0.6) is 0 Å². The zero-order valence-electron chi connectivity index (χ0n) is 10.8. The van der Waals surface area contributed by atoms with Crippen LogP contribution in [-0.4, -0.2) is 20.8 Å². The highest BCUT2D eigenvalue weighted by Gasteiger charge is 2.09. The van der Waals surface area contributed by atoms with Gasteiger partial charge in [-0.2, -0.15) is 5.10 Å². The zero-order chi connectivity index (χ0) is 13.3. The topological polar surface area (TPSA) is 56.7 Å². The fraction of sp³-hybridized carbons (Fsp3) is 0.385. The Morgan fingerprint density at radius 3 is 2.67 bits per heavy atom. The molecule has 5 heteroatoms. The lowest BCUT2D eigenvalue weighted by atomic mass is 10.1. The molecule has 2 aromatic rings. The molecule has 1 atom stereocenters. The maximum absolute atomic E-state index is 6.00. The molecule has 2 rings (SSSR count). The Balaban J connectivity index is 2.35. The van der Waals surface area contributed by atoms with Crippen molar-refractivity contribution in [2.24, 2.45) is 5.73 Å². The van der Waals surface area contributed by atoms with Crippen molar-refractivity contribution in [1.82, 2.24) is 14.8 Å². The molecule has 0 spiro atoms. The first-order chi connectivity index (χ1) is 8.47. The van der Waals surface area contributed by atoms with Crippen molar-refractivity contribution in [2.45, 2.75) is 33.2 Å². The Hall–Kier alpha value is -1.39. The largest absolute Gasteiger partial charge is 0.328 e. The number of halogens is 1. The van der Waals surface area contributed by atoms with Gasteiger partial charge in [0.15, 0.2) is 5.82 Å². The number of pyridine rings is 1. The van der Waals surface area contributed by atoms with Crippen LogP contribution < -0.4 is 5.73 Å². The molecule has 96 valence electrons. The van der Waals surface area contributed by atoms with E-state index in [1.54, 1.807) is 10.9 Å². The first-order valence-corrected chi connectivity index (χ1v) is 6.28. The van der Waals surface area contributed by atoms with Crippen molar-refractivity contribution in [1.29, 1.82) is 0 Å². The third kappa shape index (κ3) is 2.71. The monoisotopic (exact) mass is 264 g/mol. The van der Waals surface area contributed by atoms with Gasteiger partial charge in [-0.15, -0.1) is 0 Å². The summed E-state index contributed by atoms with van der Waals surface area (Å²) in [6, 6.07) is 2.23. The molecule has 18 heavy (non-hydrogen) atoms. The van der Waals surface area contributed by atoms with Gasteiger partial charge in [0.05, 0.1) is 16.9 Å². The Labute approximate surface area is 112 Å². The normalized spacial score (nSPS) is 12.7. The van der Waals surface area contributed by atoms with E-state index in [0.717, 1.165) is 29.1 Å². The Bertz CT molecular complexity index is 541. The van der Waals surface area contributed by atoms with E-state index in [4.69, 9.17) is 17.3 Å². The number of aryl methyl sites for hydroxylation is 2. The maximum atomic E-state index is 6.00. The molecule has 0 aliphatic heterocycles. The van der Waals surface area contributed by atoms with Gasteiger partial charge < -0.3 is 5.73 Å². The van der Waals surface area contributed by atoms with Gasteiger partial charge >= 0.3 is 0 Å². The summed E-state index contributed by atoms with van der Waals surface area (Å²) in [5, 5.41) is 4.98. The van der Waals surface area contributed by atoms with Crippen LogP contribution in [0.4, 0.5) is 0 Å². The highest BCUT2D eigenvalue weighted by Crippen LogP contribution is 2.18. The van der Waals surface area contributed by atoms with Gasteiger partial charge in [-0.05, 0) is 38.3 Å². The molecular formula is C13H17ClN4. The van der Waals surface area contributed by atoms with Crippen molar-refractivity contribution in [3.63, 3.8) is 0 Å². The lowest BCUT2D eigenvalue weighted by molar-refractivity contribution is 0.732. The first kappa shape index (κ1) is 13.1. The smallest absolute Gasteiger partial charge is 0.156 e. The quantitative estimate of drug-likeness (QED) is 0.926. The molecule has 1 unspecified atom stereocenters. The second kappa shape index (κ2) is 5.08. The van der Waals surface area contributed by atoms with Gasteiger partial charge in [0.1, 0.15) is 0 Å². The third-order valence-electron chi connectivity index (χ3n) is 2.72. The lowest BCUT2D eigenvalue weighted by Crippen LogP contribution is -2.18. The Morgan fingerprint density at radius 2 is 2.17 bits per heavy atom. The van der Waals surface area contributed by atoms with Gasteiger partial charge in [-0.1, -0.05) is 17.7 Å². The average molecular weight is 265 g/mol.